The van der Waals surface area contributed by atoms with E-state index < -0.39 is 0 Å². The highest BCUT2D eigenvalue weighted by Gasteiger charge is 2.05. The Morgan fingerprint density at radius 3 is 2.68 bits per heavy atom. The van der Waals surface area contributed by atoms with Gasteiger partial charge in [0.05, 0.1) is 13.2 Å². The Labute approximate surface area is 165 Å². The molecule has 0 fully saturated rings. The Hall–Kier alpha value is -2.64. The molecule has 152 valence electrons. The number of ether oxygens (including phenoxy) is 3. The summed E-state index contributed by atoms with van der Waals surface area (Å²) in [4.78, 5) is 4.23. The fourth-order valence-electron chi connectivity index (χ4n) is 2.56. The molecule has 28 heavy (non-hydrogen) atoms. The molecule has 0 atom stereocenters. The molecule has 0 saturated carbocycles. The number of guanidine groups is 1. The lowest BCUT2D eigenvalue weighted by atomic mass is 10.1. The molecule has 2 aromatic carbocycles. The van der Waals surface area contributed by atoms with Crippen molar-refractivity contribution in [2.45, 2.75) is 19.6 Å². The lowest BCUT2D eigenvalue weighted by molar-refractivity contribution is 0.172. The summed E-state index contributed by atoms with van der Waals surface area (Å²) in [5.74, 6) is 1.11. The number of halogens is 1. The van der Waals surface area contributed by atoms with Gasteiger partial charge in [0.1, 0.15) is 11.6 Å². The van der Waals surface area contributed by atoms with Crippen LogP contribution in [0.25, 0.3) is 0 Å². The van der Waals surface area contributed by atoms with Crippen LogP contribution in [-0.2, 0) is 22.6 Å². The highest BCUT2D eigenvalue weighted by atomic mass is 19.1. The normalized spacial score (nSPS) is 11.4. The molecule has 6 nitrogen and oxygen atoms in total. The van der Waals surface area contributed by atoms with Crippen LogP contribution < -0.4 is 15.4 Å². The third-order valence-corrected chi connectivity index (χ3v) is 3.95. The molecule has 0 amide bonds. The monoisotopic (exact) mass is 389 g/mol. The van der Waals surface area contributed by atoms with E-state index in [1.807, 2.05) is 24.3 Å². The molecule has 0 unspecified atom stereocenters. The quantitative estimate of drug-likeness (QED) is 0.369. The van der Waals surface area contributed by atoms with Crippen LogP contribution in [0.5, 0.6) is 5.75 Å². The first-order valence-electron chi connectivity index (χ1n) is 9.12. The van der Waals surface area contributed by atoms with Gasteiger partial charge in [0.15, 0.2) is 5.96 Å². The molecular formula is C21H28FN3O3. The van der Waals surface area contributed by atoms with E-state index in [-0.39, 0.29) is 12.4 Å². The smallest absolute Gasteiger partial charge is 0.195 e. The summed E-state index contributed by atoms with van der Waals surface area (Å²) in [6.45, 7) is 2.01. The van der Waals surface area contributed by atoms with Crippen molar-refractivity contribution in [3.8, 4) is 5.75 Å². The van der Waals surface area contributed by atoms with Crippen LogP contribution in [0.2, 0.25) is 0 Å². The number of hydrogen-bond acceptors (Lipinski definition) is 4. The van der Waals surface area contributed by atoms with Crippen LogP contribution in [0, 0.1) is 5.82 Å². The van der Waals surface area contributed by atoms with E-state index in [1.165, 1.54) is 6.07 Å². The summed E-state index contributed by atoms with van der Waals surface area (Å²) < 4.78 is 29.5. The van der Waals surface area contributed by atoms with Gasteiger partial charge in [-0.15, -0.1) is 0 Å². The Morgan fingerprint density at radius 1 is 1.07 bits per heavy atom. The van der Waals surface area contributed by atoms with Crippen molar-refractivity contribution in [1.82, 2.24) is 5.32 Å². The average molecular weight is 389 g/mol. The molecule has 0 saturated heterocycles. The molecule has 0 aliphatic carbocycles. The molecule has 0 radical (unpaired) electrons. The summed E-state index contributed by atoms with van der Waals surface area (Å²) in [6.07, 6.45) is 0.833. The molecule has 0 spiro atoms. The van der Waals surface area contributed by atoms with E-state index in [0.29, 0.717) is 31.3 Å². The Balaban J connectivity index is 1.91. The van der Waals surface area contributed by atoms with Crippen molar-refractivity contribution in [3.05, 3.63) is 59.4 Å². The second kappa shape index (κ2) is 11.9. The van der Waals surface area contributed by atoms with Crippen molar-refractivity contribution < 1.29 is 18.6 Å². The van der Waals surface area contributed by atoms with Crippen LogP contribution in [0.15, 0.2) is 47.5 Å². The molecule has 2 rings (SSSR count). The number of nitrogens with one attached hydrogen (secondary N) is 2. The molecule has 0 bridgehead atoms. The second-order valence-corrected chi connectivity index (χ2v) is 6.13. The van der Waals surface area contributed by atoms with E-state index >= 15 is 0 Å². The zero-order valence-corrected chi connectivity index (χ0v) is 16.6. The molecule has 0 aromatic heterocycles. The first kappa shape index (κ1) is 21.7. The van der Waals surface area contributed by atoms with Gasteiger partial charge in [-0.05, 0) is 29.8 Å². The van der Waals surface area contributed by atoms with Crippen LogP contribution in [-0.4, -0.2) is 40.4 Å². The van der Waals surface area contributed by atoms with E-state index in [4.69, 9.17) is 14.2 Å². The van der Waals surface area contributed by atoms with Crippen molar-refractivity contribution >= 4 is 11.6 Å². The minimum atomic E-state index is -0.268. The summed E-state index contributed by atoms with van der Waals surface area (Å²) in [5.41, 5.74) is 2.33. The van der Waals surface area contributed by atoms with E-state index in [2.05, 4.69) is 15.6 Å². The third kappa shape index (κ3) is 7.17. The first-order valence-corrected chi connectivity index (χ1v) is 9.12. The van der Waals surface area contributed by atoms with Gasteiger partial charge in [-0.25, -0.2) is 4.39 Å². The lowest BCUT2D eigenvalue weighted by Crippen LogP contribution is -2.30. The first-order chi connectivity index (χ1) is 13.7. The highest BCUT2D eigenvalue weighted by Crippen LogP contribution is 2.17. The van der Waals surface area contributed by atoms with Crippen molar-refractivity contribution in [3.63, 3.8) is 0 Å². The number of rotatable bonds is 10. The zero-order chi connectivity index (χ0) is 20.2. The number of methoxy groups -OCH3 is 2. The van der Waals surface area contributed by atoms with Crippen LogP contribution in [0.1, 0.15) is 17.5 Å². The summed E-state index contributed by atoms with van der Waals surface area (Å²) in [7, 11) is 4.92. The number of aliphatic imine (C=N–C) groups is 1. The van der Waals surface area contributed by atoms with Crippen molar-refractivity contribution in [2.24, 2.45) is 4.99 Å². The fraction of sp³-hybridized carbons (Fsp3) is 0.381. The summed E-state index contributed by atoms with van der Waals surface area (Å²) in [5, 5.41) is 6.45. The standard InChI is InChI=1S/C21H28FN3O3/c1-23-21(24-14-16-8-9-20(22)17(12-16)15-27-3)25-18-6-4-7-19(13-18)28-11-5-10-26-2/h4,6-9,12-13H,5,10-11,14-15H2,1-3H3,(H2,23,24,25). The topological polar surface area (TPSA) is 64.1 Å². The van der Waals surface area contributed by atoms with E-state index in [9.17, 15) is 4.39 Å². The molecule has 0 aliphatic heterocycles. The largest absolute Gasteiger partial charge is 0.493 e. The lowest BCUT2D eigenvalue weighted by Gasteiger charge is -2.14. The van der Waals surface area contributed by atoms with Crippen LogP contribution in [0.4, 0.5) is 10.1 Å². The number of anilines is 1. The Bertz CT molecular complexity index is 768. The van der Waals surface area contributed by atoms with Gasteiger partial charge in [0, 0.05) is 58.2 Å². The molecular weight excluding hydrogens is 361 g/mol. The van der Waals surface area contributed by atoms with Gasteiger partial charge in [-0.1, -0.05) is 12.1 Å². The average Bonchev–Trinajstić information content (AvgIpc) is 2.71. The number of hydrogen-bond donors (Lipinski definition) is 2. The minimum absolute atomic E-state index is 0.240. The molecule has 2 N–H and O–H groups in total. The fourth-order valence-corrected chi connectivity index (χ4v) is 2.56. The molecule has 0 aliphatic rings. The SMILES string of the molecule is CN=C(NCc1ccc(F)c(COC)c1)Nc1cccc(OCCCOC)c1. The van der Waals surface area contributed by atoms with Gasteiger partial charge in [-0.2, -0.15) is 0 Å². The molecule has 7 heteroatoms. The molecule has 2 aromatic rings. The van der Waals surface area contributed by atoms with Crippen molar-refractivity contribution in [1.29, 1.82) is 0 Å². The van der Waals surface area contributed by atoms with Crippen LogP contribution >= 0.6 is 0 Å². The van der Waals surface area contributed by atoms with E-state index in [0.717, 1.165) is 23.4 Å². The second-order valence-electron chi connectivity index (χ2n) is 6.13. The van der Waals surface area contributed by atoms with Gasteiger partial charge in [0.25, 0.3) is 0 Å². The summed E-state index contributed by atoms with van der Waals surface area (Å²) in [6, 6.07) is 12.6. The third-order valence-electron chi connectivity index (χ3n) is 3.95. The molecule has 0 heterocycles. The maximum Gasteiger partial charge on any atom is 0.195 e. The predicted octanol–water partition coefficient (Wildman–Crippen LogP) is 3.57. The van der Waals surface area contributed by atoms with Crippen molar-refractivity contribution in [2.75, 3.05) is 39.8 Å². The number of nitrogens with zero attached hydrogens (tertiary/aromatic N) is 1. The maximum absolute atomic E-state index is 13.7. The van der Waals surface area contributed by atoms with Gasteiger partial charge in [-0.3, -0.25) is 4.99 Å². The predicted molar refractivity (Wildman–Crippen MR) is 109 cm³/mol. The minimum Gasteiger partial charge on any atom is -0.493 e. The van der Waals surface area contributed by atoms with Crippen LogP contribution in [0.3, 0.4) is 0 Å². The Morgan fingerprint density at radius 2 is 1.93 bits per heavy atom. The van der Waals surface area contributed by atoms with Gasteiger partial charge in [0.2, 0.25) is 0 Å². The maximum atomic E-state index is 13.7. The number of benzene rings is 2. The van der Waals surface area contributed by atoms with Gasteiger partial charge < -0.3 is 24.8 Å². The zero-order valence-electron chi connectivity index (χ0n) is 16.6. The van der Waals surface area contributed by atoms with Gasteiger partial charge >= 0.3 is 0 Å². The van der Waals surface area contributed by atoms with E-state index in [1.54, 1.807) is 33.4 Å². The Kier molecular flexibility index (Phi) is 9.24. The summed E-state index contributed by atoms with van der Waals surface area (Å²) >= 11 is 0. The highest BCUT2D eigenvalue weighted by molar-refractivity contribution is 5.93.